The quantitative estimate of drug-likeness (QED) is 0.162. The molecule has 0 radical (unpaired) electrons. The van der Waals surface area contributed by atoms with Crippen LogP contribution in [0.2, 0.25) is 0 Å². The fourth-order valence-electron chi connectivity index (χ4n) is 8.90. The molecule has 2 N–H and O–H groups in total. The standard InChI is InChI=1S/C56H39N3/c1-3-21-41(22-4-1)57-43-35-33-40(34-36-43)50-37-53(59-51-31-13-11-27-46(51)47-28-12-14-32-52(47)59)56(58-42-23-5-2-6-24-42)55(49-30-16-20-39-18-8-10-26-45(39)49)54(50)48-29-15-19-38-17-7-9-25-44(38)48/h1-37,57-58H. The molecule has 0 aliphatic carbocycles. The SMILES string of the molecule is c1ccc(Nc2ccc(-c3cc(-n4c5ccccc5c5ccccc54)c(Nc4ccccc4)c(-c4cccc5ccccc45)c3-c3cccc4ccccc34)cc2)cc1. The maximum absolute atomic E-state index is 4.06. The third-order valence-electron chi connectivity index (χ3n) is 11.5. The van der Waals surface area contributed by atoms with E-state index in [-0.39, 0.29) is 0 Å². The molecule has 0 atom stereocenters. The van der Waals surface area contributed by atoms with Gasteiger partial charge in [0.05, 0.1) is 22.4 Å². The predicted molar refractivity (Wildman–Crippen MR) is 252 cm³/mol. The Morgan fingerprint density at radius 3 is 1.32 bits per heavy atom. The molecule has 0 spiro atoms. The van der Waals surface area contributed by atoms with Crippen LogP contribution < -0.4 is 10.6 Å². The highest BCUT2D eigenvalue weighted by Crippen LogP contribution is 2.52. The summed E-state index contributed by atoms with van der Waals surface area (Å²) < 4.78 is 2.46. The van der Waals surface area contributed by atoms with Gasteiger partial charge in [-0.1, -0.05) is 170 Å². The molecule has 0 bridgehead atoms. The molecule has 10 aromatic carbocycles. The molecule has 278 valence electrons. The summed E-state index contributed by atoms with van der Waals surface area (Å²) in [7, 11) is 0. The zero-order chi connectivity index (χ0) is 39.1. The number of hydrogen-bond acceptors (Lipinski definition) is 2. The van der Waals surface area contributed by atoms with Crippen molar-refractivity contribution in [1.29, 1.82) is 0 Å². The van der Waals surface area contributed by atoms with Crippen LogP contribution in [0.5, 0.6) is 0 Å². The number of nitrogens with one attached hydrogen (secondary N) is 2. The first kappa shape index (κ1) is 34.4. The first-order valence-electron chi connectivity index (χ1n) is 20.2. The fraction of sp³-hybridized carbons (Fsp3) is 0. The van der Waals surface area contributed by atoms with Gasteiger partial charge in [0, 0.05) is 39.0 Å². The van der Waals surface area contributed by atoms with Gasteiger partial charge in [-0.25, -0.2) is 0 Å². The zero-order valence-electron chi connectivity index (χ0n) is 32.3. The number of rotatable bonds is 8. The van der Waals surface area contributed by atoms with E-state index in [2.05, 4.69) is 234 Å². The first-order chi connectivity index (χ1) is 29.3. The number of benzene rings is 10. The lowest BCUT2D eigenvalue weighted by Gasteiger charge is -2.27. The van der Waals surface area contributed by atoms with Crippen LogP contribution in [0.25, 0.3) is 82.4 Å². The third-order valence-corrected chi connectivity index (χ3v) is 11.5. The molecule has 11 rings (SSSR count). The second kappa shape index (κ2) is 14.6. The molecule has 0 saturated heterocycles. The molecule has 1 aromatic heterocycles. The van der Waals surface area contributed by atoms with E-state index >= 15 is 0 Å². The highest BCUT2D eigenvalue weighted by molar-refractivity contribution is 6.16. The molecule has 0 unspecified atom stereocenters. The van der Waals surface area contributed by atoms with Gasteiger partial charge < -0.3 is 15.2 Å². The van der Waals surface area contributed by atoms with E-state index in [4.69, 9.17) is 0 Å². The number of hydrogen-bond donors (Lipinski definition) is 2. The Kier molecular flexibility index (Phi) is 8.49. The molecule has 0 saturated carbocycles. The van der Waals surface area contributed by atoms with Crippen LogP contribution in [-0.2, 0) is 0 Å². The van der Waals surface area contributed by atoms with Gasteiger partial charge in [0.2, 0.25) is 0 Å². The maximum Gasteiger partial charge on any atom is 0.0715 e. The number of para-hydroxylation sites is 4. The predicted octanol–water partition coefficient (Wildman–Crippen LogP) is 15.6. The van der Waals surface area contributed by atoms with Gasteiger partial charge in [-0.05, 0) is 98.4 Å². The second-order valence-electron chi connectivity index (χ2n) is 15.1. The van der Waals surface area contributed by atoms with Crippen molar-refractivity contribution in [2.45, 2.75) is 0 Å². The van der Waals surface area contributed by atoms with Crippen molar-refractivity contribution in [1.82, 2.24) is 4.57 Å². The minimum absolute atomic E-state index is 1.02. The van der Waals surface area contributed by atoms with E-state index in [1.807, 2.05) is 6.07 Å². The highest BCUT2D eigenvalue weighted by Gasteiger charge is 2.27. The van der Waals surface area contributed by atoms with Crippen LogP contribution in [0.15, 0.2) is 224 Å². The van der Waals surface area contributed by atoms with Crippen LogP contribution in [0.1, 0.15) is 0 Å². The molecule has 11 aromatic rings. The number of aromatic nitrogens is 1. The molecule has 0 amide bonds. The smallest absolute Gasteiger partial charge is 0.0715 e. The Morgan fingerprint density at radius 1 is 0.305 bits per heavy atom. The van der Waals surface area contributed by atoms with Gasteiger partial charge in [0.25, 0.3) is 0 Å². The van der Waals surface area contributed by atoms with Crippen molar-refractivity contribution in [3.63, 3.8) is 0 Å². The van der Waals surface area contributed by atoms with Crippen LogP contribution in [0.3, 0.4) is 0 Å². The third kappa shape index (κ3) is 6.08. The summed E-state index contributed by atoms with van der Waals surface area (Å²) in [6, 6.07) is 80.9. The van der Waals surface area contributed by atoms with E-state index in [1.165, 1.54) is 43.4 Å². The average Bonchev–Trinajstić information content (AvgIpc) is 3.64. The molecule has 0 aliphatic rings. The van der Waals surface area contributed by atoms with Gasteiger partial charge >= 0.3 is 0 Å². The summed E-state index contributed by atoms with van der Waals surface area (Å²) in [4.78, 5) is 0. The van der Waals surface area contributed by atoms with E-state index in [0.29, 0.717) is 0 Å². The monoisotopic (exact) mass is 753 g/mol. The van der Waals surface area contributed by atoms with Crippen molar-refractivity contribution in [3.8, 4) is 39.1 Å². The molecular weight excluding hydrogens is 715 g/mol. The van der Waals surface area contributed by atoms with Crippen LogP contribution >= 0.6 is 0 Å². The Bertz CT molecular complexity index is 3250. The molecule has 0 fully saturated rings. The largest absolute Gasteiger partial charge is 0.356 e. The first-order valence-corrected chi connectivity index (χ1v) is 20.2. The molecule has 1 heterocycles. The van der Waals surface area contributed by atoms with Crippen LogP contribution in [-0.4, -0.2) is 4.57 Å². The van der Waals surface area contributed by atoms with Gasteiger partial charge in [0.15, 0.2) is 0 Å². The molecular formula is C56H39N3. The van der Waals surface area contributed by atoms with Gasteiger partial charge in [-0.15, -0.1) is 0 Å². The normalized spacial score (nSPS) is 11.4. The summed E-state index contributed by atoms with van der Waals surface area (Å²) in [5, 5.41) is 14.9. The van der Waals surface area contributed by atoms with E-state index < -0.39 is 0 Å². The Morgan fingerprint density at radius 2 is 0.746 bits per heavy atom. The summed E-state index contributed by atoms with van der Waals surface area (Å²) >= 11 is 0. The zero-order valence-corrected chi connectivity index (χ0v) is 32.3. The number of anilines is 4. The van der Waals surface area contributed by atoms with Crippen LogP contribution in [0.4, 0.5) is 22.7 Å². The summed E-state index contributed by atoms with van der Waals surface area (Å²) in [6.45, 7) is 0. The number of fused-ring (bicyclic) bond motifs is 5. The lowest BCUT2D eigenvalue weighted by Crippen LogP contribution is -2.06. The Balaban J connectivity index is 1.32. The fourth-order valence-corrected chi connectivity index (χ4v) is 8.90. The number of nitrogens with zero attached hydrogens (tertiary/aromatic N) is 1. The summed E-state index contributed by atoms with van der Waals surface area (Å²) in [5.41, 5.74) is 14.4. The molecule has 3 nitrogen and oxygen atoms in total. The van der Waals surface area contributed by atoms with E-state index in [1.54, 1.807) is 0 Å². The highest BCUT2D eigenvalue weighted by atomic mass is 15.0. The molecule has 3 heteroatoms. The maximum atomic E-state index is 4.06. The van der Waals surface area contributed by atoms with Crippen molar-refractivity contribution < 1.29 is 0 Å². The van der Waals surface area contributed by atoms with Crippen molar-refractivity contribution in [3.05, 3.63) is 224 Å². The van der Waals surface area contributed by atoms with Crippen molar-refractivity contribution in [2.75, 3.05) is 10.6 Å². The van der Waals surface area contributed by atoms with Gasteiger partial charge in [-0.3, -0.25) is 0 Å². The summed E-state index contributed by atoms with van der Waals surface area (Å²) in [5.74, 6) is 0. The molecule has 0 aliphatic heterocycles. The van der Waals surface area contributed by atoms with Crippen molar-refractivity contribution in [2.24, 2.45) is 0 Å². The Labute approximate surface area is 343 Å². The summed E-state index contributed by atoms with van der Waals surface area (Å²) in [6.07, 6.45) is 0. The van der Waals surface area contributed by atoms with E-state index in [9.17, 15) is 0 Å². The minimum Gasteiger partial charge on any atom is -0.356 e. The van der Waals surface area contributed by atoms with E-state index in [0.717, 1.165) is 61.7 Å². The van der Waals surface area contributed by atoms with Gasteiger partial charge in [-0.2, -0.15) is 0 Å². The average molecular weight is 754 g/mol. The van der Waals surface area contributed by atoms with Crippen molar-refractivity contribution >= 4 is 66.1 Å². The Hall–Kier alpha value is -7.88. The molecule has 59 heavy (non-hydrogen) atoms. The van der Waals surface area contributed by atoms with Crippen LogP contribution in [0, 0.1) is 0 Å². The lowest BCUT2D eigenvalue weighted by molar-refractivity contribution is 1.18. The van der Waals surface area contributed by atoms with Gasteiger partial charge in [0.1, 0.15) is 0 Å². The topological polar surface area (TPSA) is 29.0 Å². The lowest BCUT2D eigenvalue weighted by atomic mass is 9.82. The minimum atomic E-state index is 1.02. The second-order valence-corrected chi connectivity index (χ2v) is 15.1.